The van der Waals surface area contributed by atoms with Crippen LogP contribution in [-0.2, 0) is 49.9 Å². The van der Waals surface area contributed by atoms with Crippen LogP contribution in [0.2, 0.25) is 0 Å². The molecule has 63 heavy (non-hydrogen) atoms. The first-order chi connectivity index (χ1) is 29.6. The lowest BCUT2D eigenvalue weighted by Crippen LogP contribution is -2.61. The summed E-state index contributed by atoms with van der Waals surface area (Å²) in [5.74, 6) is -5.51. The van der Waals surface area contributed by atoms with Gasteiger partial charge in [-0.3, -0.25) is 19.1 Å². The van der Waals surface area contributed by atoms with Gasteiger partial charge in [0.1, 0.15) is 23.6 Å². The molecule has 3 aliphatic rings. The van der Waals surface area contributed by atoms with E-state index in [1.807, 2.05) is 75.6 Å². The van der Waals surface area contributed by atoms with Gasteiger partial charge in [-0.25, -0.2) is 9.59 Å². The van der Waals surface area contributed by atoms with Crippen LogP contribution in [0.3, 0.4) is 0 Å². The second kappa shape index (κ2) is 20.3. The molecule has 0 radical (unpaired) electrons. The Kier molecular flexibility index (Phi) is 15.9. The number of alkyl carbamates (subject to hydrolysis) is 2. The number of carbonyl (C=O) groups excluding carboxylic acids is 5. The van der Waals surface area contributed by atoms with Crippen molar-refractivity contribution in [2.75, 3.05) is 20.6 Å². The summed E-state index contributed by atoms with van der Waals surface area (Å²) in [5, 5.41) is 22.1. The number of benzene rings is 1. The largest absolute Gasteiger partial charge is 0.458 e. The molecule has 1 aromatic carbocycles. The number of fused-ring (bicyclic) bond motifs is 1. The fraction of sp³-hybridized carbons (Fsp3) is 0.652. The van der Waals surface area contributed by atoms with E-state index in [-0.39, 0.29) is 37.3 Å². The molecule has 14 atom stereocenters. The van der Waals surface area contributed by atoms with Gasteiger partial charge in [-0.15, -0.1) is 0 Å². The minimum atomic E-state index is -1.72. The molecule has 2 aromatic rings. The van der Waals surface area contributed by atoms with Crippen molar-refractivity contribution in [1.29, 1.82) is 0 Å². The van der Waals surface area contributed by atoms with Crippen molar-refractivity contribution in [3.8, 4) is 11.3 Å². The van der Waals surface area contributed by atoms with Crippen molar-refractivity contribution < 1.29 is 57.5 Å². The molecule has 0 unspecified atom stereocenters. The number of nitrogens with one attached hydrogen (secondary N) is 2. The van der Waals surface area contributed by atoms with Gasteiger partial charge in [0.25, 0.3) is 0 Å². The Morgan fingerprint density at radius 1 is 1.06 bits per heavy atom. The number of Topliss-reactive ketones (excluding diaryl/α,β-unsaturated/α-hetero) is 1. The average Bonchev–Trinajstić information content (AvgIpc) is 3.80. The van der Waals surface area contributed by atoms with Crippen LogP contribution in [0, 0.1) is 23.7 Å². The van der Waals surface area contributed by atoms with E-state index in [0.717, 1.165) is 16.8 Å². The number of aliphatic hydroxyl groups excluding tert-OH is 1. The van der Waals surface area contributed by atoms with E-state index in [1.165, 1.54) is 13.8 Å². The number of cyclic esters (lactones) is 1. The lowest BCUT2D eigenvalue weighted by Gasteiger charge is -2.48. The van der Waals surface area contributed by atoms with Crippen molar-refractivity contribution in [2.24, 2.45) is 30.7 Å². The third-order valence-electron chi connectivity index (χ3n) is 12.9. The molecule has 5 rings (SSSR count). The van der Waals surface area contributed by atoms with Crippen LogP contribution in [0.25, 0.3) is 17.3 Å². The number of ketones is 1. The van der Waals surface area contributed by atoms with Gasteiger partial charge in [0, 0.05) is 50.0 Å². The molecule has 2 amide bonds. The van der Waals surface area contributed by atoms with Crippen molar-refractivity contribution >= 4 is 36.0 Å². The third kappa shape index (κ3) is 11.3. The topological polar surface area (TPSA) is 206 Å². The van der Waals surface area contributed by atoms with Crippen LogP contribution >= 0.6 is 0 Å². The van der Waals surface area contributed by atoms with Gasteiger partial charge in [-0.05, 0) is 72.7 Å². The first kappa shape index (κ1) is 49.2. The normalized spacial score (nSPS) is 35.6. The van der Waals surface area contributed by atoms with Crippen molar-refractivity contribution in [3.05, 3.63) is 48.2 Å². The number of hydrogen-bond donors (Lipinski definition) is 3. The lowest BCUT2D eigenvalue weighted by molar-refractivity contribution is -0.300. The minimum Gasteiger partial charge on any atom is -0.458 e. The van der Waals surface area contributed by atoms with Gasteiger partial charge in [0.2, 0.25) is 0 Å². The molecule has 0 saturated carbocycles. The van der Waals surface area contributed by atoms with E-state index in [1.54, 1.807) is 52.3 Å². The molecular formula is C46H67N5O12. The van der Waals surface area contributed by atoms with Gasteiger partial charge in [-0.2, -0.15) is 5.10 Å². The summed E-state index contributed by atoms with van der Waals surface area (Å²) >= 11 is 0. The highest BCUT2D eigenvalue weighted by molar-refractivity contribution is 5.85. The molecule has 3 N–H and O–H groups in total. The average molecular weight is 882 g/mol. The molecule has 1 aromatic heterocycles. The fourth-order valence-corrected chi connectivity index (χ4v) is 9.46. The molecular weight excluding hydrogens is 815 g/mol. The van der Waals surface area contributed by atoms with Crippen molar-refractivity contribution in [1.82, 2.24) is 25.3 Å². The van der Waals surface area contributed by atoms with E-state index in [4.69, 9.17) is 28.4 Å². The number of aromatic nitrogens is 2. The molecule has 17 nitrogen and oxygen atoms in total. The van der Waals surface area contributed by atoms with Crippen LogP contribution < -0.4 is 10.6 Å². The first-order valence-electron chi connectivity index (χ1n) is 21.9. The van der Waals surface area contributed by atoms with Crippen molar-refractivity contribution in [3.63, 3.8) is 0 Å². The summed E-state index contributed by atoms with van der Waals surface area (Å²) in [6, 6.07) is 8.46. The predicted octanol–water partition coefficient (Wildman–Crippen LogP) is 5.03. The van der Waals surface area contributed by atoms with Gasteiger partial charge < -0.3 is 49.1 Å². The van der Waals surface area contributed by atoms with E-state index >= 15 is 0 Å². The maximum absolute atomic E-state index is 14.6. The molecule has 3 saturated heterocycles. The number of esters is 2. The molecule has 0 bridgehead atoms. The standard InChI is InChI=1S/C46H67N5O12/c1-13-35-46(9)39(48-44(57)63-46)27(4)36(53)25(2)24-45(8,62-43(56)47-21-14-15-31-16-18-32(19-17-31)33-20-22-51(12)49-33)40(28(5)37(54)29(6)41(55)60-35)61-42-38(59-30(7)52)34(50(10)11)23-26(3)58-42/h14-20,22,25-29,34-35,37-40,42,54H,13,21,23-24H2,1-12H3,(H,47,56)(H,48,57)/b15-14+/t25-,26-,27+,28+,29-,34+,35-,37+,38-,39-,40-,42+,45-,46-/m1/s1. The summed E-state index contributed by atoms with van der Waals surface area (Å²) in [6.07, 6.45) is -1.81. The number of carbonyl (C=O) groups is 5. The molecule has 4 heterocycles. The molecule has 3 aliphatic heterocycles. The number of aryl methyl sites for hydroxylation is 1. The van der Waals surface area contributed by atoms with E-state index in [0.29, 0.717) is 6.42 Å². The number of aliphatic hydroxyl groups is 1. The van der Waals surface area contributed by atoms with Crippen LogP contribution in [0.15, 0.2) is 42.6 Å². The highest BCUT2D eigenvalue weighted by Gasteiger charge is 2.58. The maximum atomic E-state index is 14.6. The summed E-state index contributed by atoms with van der Waals surface area (Å²) in [5.41, 5.74) is -0.458. The number of ether oxygens (including phenoxy) is 6. The fourth-order valence-electron chi connectivity index (χ4n) is 9.46. The first-order valence-corrected chi connectivity index (χ1v) is 21.9. The number of rotatable bonds is 10. The minimum absolute atomic E-state index is 0.0653. The second-order valence-electron chi connectivity index (χ2n) is 18.2. The highest BCUT2D eigenvalue weighted by atomic mass is 16.7. The zero-order chi connectivity index (χ0) is 46.6. The number of amides is 2. The summed E-state index contributed by atoms with van der Waals surface area (Å²) < 4.78 is 38.9. The zero-order valence-electron chi connectivity index (χ0n) is 38.7. The summed E-state index contributed by atoms with van der Waals surface area (Å²) in [6.45, 7) is 14.7. The second-order valence-corrected chi connectivity index (χ2v) is 18.2. The molecule has 0 spiro atoms. The van der Waals surface area contributed by atoms with Crippen molar-refractivity contribution in [2.45, 2.75) is 142 Å². The Hall–Kier alpha value is -4.84. The van der Waals surface area contributed by atoms with E-state index < -0.39 is 95.7 Å². The number of nitrogens with zero attached hydrogens (tertiary/aromatic N) is 3. The van der Waals surface area contributed by atoms with Gasteiger partial charge in [0.05, 0.1) is 35.9 Å². The molecule has 0 aliphatic carbocycles. The van der Waals surface area contributed by atoms with Gasteiger partial charge in [0.15, 0.2) is 18.0 Å². The van der Waals surface area contributed by atoms with Crippen LogP contribution in [0.1, 0.15) is 87.1 Å². The Bertz CT molecular complexity index is 1970. The Morgan fingerprint density at radius 3 is 2.35 bits per heavy atom. The Balaban J connectivity index is 1.51. The lowest BCUT2D eigenvalue weighted by atomic mass is 9.73. The summed E-state index contributed by atoms with van der Waals surface area (Å²) in [4.78, 5) is 69.8. The number of hydrogen-bond acceptors (Lipinski definition) is 14. The van der Waals surface area contributed by atoms with E-state index in [9.17, 15) is 29.1 Å². The predicted molar refractivity (Wildman–Crippen MR) is 232 cm³/mol. The maximum Gasteiger partial charge on any atom is 0.408 e. The zero-order valence-corrected chi connectivity index (χ0v) is 38.7. The van der Waals surface area contributed by atoms with E-state index in [2.05, 4.69) is 15.7 Å². The Labute approximate surface area is 370 Å². The Morgan fingerprint density at radius 2 is 1.75 bits per heavy atom. The smallest absolute Gasteiger partial charge is 0.408 e. The molecule has 348 valence electrons. The number of likely N-dealkylation sites (N-methyl/N-ethyl adjacent to an activating group) is 1. The quantitative estimate of drug-likeness (QED) is 0.212. The molecule has 3 fully saturated rings. The highest BCUT2D eigenvalue weighted by Crippen LogP contribution is 2.41. The van der Waals surface area contributed by atoms with Crippen LogP contribution in [0.4, 0.5) is 9.59 Å². The van der Waals surface area contributed by atoms with Gasteiger partial charge in [-0.1, -0.05) is 64.1 Å². The third-order valence-corrected chi connectivity index (χ3v) is 12.9. The molecule has 17 heteroatoms. The monoisotopic (exact) mass is 881 g/mol. The van der Waals surface area contributed by atoms with Crippen LogP contribution in [-0.4, -0.2) is 130 Å². The van der Waals surface area contributed by atoms with Crippen LogP contribution in [0.5, 0.6) is 0 Å². The van der Waals surface area contributed by atoms with Gasteiger partial charge >= 0.3 is 24.1 Å². The summed E-state index contributed by atoms with van der Waals surface area (Å²) in [7, 11) is 5.55. The SMILES string of the molecule is CC[C@H]1OC(=O)[C@H](C)[C@@H](O)[C@H](C)[C@@H](O[C@@H]2O[C@H](C)C[C@H](N(C)C)[C@H]2OC(C)=O)[C@](C)(OC(=O)NC/C=C/c2ccc(-c3ccn(C)n3)cc2)C[C@@H](C)C(=O)[C@H](C)[C@H]2NC(=O)O[C@@]21C.